The van der Waals surface area contributed by atoms with Gasteiger partial charge in [-0.1, -0.05) is 19.9 Å². The van der Waals surface area contributed by atoms with Crippen molar-refractivity contribution in [3.05, 3.63) is 41.5 Å². The standard InChI is InChI=1S/C24H29NO6/c1-24(2,11-5-6-20(26)27)14-31-21-17(9-10-19(29-3)22(21)30-4)15-7-8-18-16(12-15)13-25-23(18)28/h7-10,12H,5-6,11,13-14H2,1-4H3,(H,25,28)(H,26,27). The molecule has 2 N–H and O–H groups in total. The lowest BCUT2D eigenvalue weighted by atomic mass is 9.88. The van der Waals surface area contributed by atoms with Crippen molar-refractivity contribution in [1.29, 1.82) is 0 Å². The average Bonchev–Trinajstić information content (AvgIpc) is 3.11. The third kappa shape index (κ3) is 5.10. The summed E-state index contributed by atoms with van der Waals surface area (Å²) in [6, 6.07) is 9.45. The van der Waals surface area contributed by atoms with Crippen LogP contribution < -0.4 is 19.5 Å². The highest BCUT2D eigenvalue weighted by atomic mass is 16.5. The Hall–Kier alpha value is -3.22. The Kier molecular flexibility index (Phi) is 6.73. The first-order valence-electron chi connectivity index (χ1n) is 10.3. The molecule has 0 saturated carbocycles. The molecule has 0 atom stereocenters. The number of methoxy groups -OCH3 is 2. The maximum atomic E-state index is 11.9. The third-order valence-electron chi connectivity index (χ3n) is 5.45. The smallest absolute Gasteiger partial charge is 0.303 e. The molecule has 0 spiro atoms. The van der Waals surface area contributed by atoms with Crippen molar-refractivity contribution < 1.29 is 28.9 Å². The van der Waals surface area contributed by atoms with Crippen molar-refractivity contribution in [2.75, 3.05) is 20.8 Å². The summed E-state index contributed by atoms with van der Waals surface area (Å²) in [4.78, 5) is 22.7. The third-order valence-corrected chi connectivity index (χ3v) is 5.45. The van der Waals surface area contributed by atoms with E-state index < -0.39 is 5.97 Å². The summed E-state index contributed by atoms with van der Waals surface area (Å²) in [5, 5.41) is 11.7. The second-order valence-corrected chi connectivity index (χ2v) is 8.43. The minimum Gasteiger partial charge on any atom is -0.493 e. The fourth-order valence-electron chi connectivity index (χ4n) is 3.73. The Labute approximate surface area is 182 Å². The van der Waals surface area contributed by atoms with Crippen LogP contribution in [0.5, 0.6) is 17.2 Å². The Bertz CT molecular complexity index is 982. The lowest BCUT2D eigenvalue weighted by Crippen LogP contribution is -2.22. The molecule has 7 nitrogen and oxygen atoms in total. The van der Waals surface area contributed by atoms with Gasteiger partial charge in [-0.25, -0.2) is 0 Å². The van der Waals surface area contributed by atoms with E-state index in [0.717, 1.165) is 16.7 Å². The number of benzene rings is 2. The zero-order valence-electron chi connectivity index (χ0n) is 18.4. The van der Waals surface area contributed by atoms with E-state index in [1.807, 2.05) is 44.2 Å². The number of nitrogens with one attached hydrogen (secondary N) is 1. The van der Waals surface area contributed by atoms with E-state index in [0.29, 0.717) is 48.8 Å². The summed E-state index contributed by atoms with van der Waals surface area (Å²) in [6.07, 6.45) is 1.44. The predicted octanol–water partition coefficient (Wildman–Crippen LogP) is 4.27. The van der Waals surface area contributed by atoms with Gasteiger partial charge in [-0.3, -0.25) is 9.59 Å². The lowest BCUT2D eigenvalue weighted by molar-refractivity contribution is -0.137. The van der Waals surface area contributed by atoms with Crippen LogP contribution in [0.3, 0.4) is 0 Å². The molecule has 2 aromatic carbocycles. The number of ether oxygens (including phenoxy) is 3. The van der Waals surface area contributed by atoms with Crippen LogP contribution >= 0.6 is 0 Å². The molecule has 0 bridgehead atoms. The number of aliphatic carboxylic acids is 1. The molecule has 0 saturated heterocycles. The number of hydrogen-bond acceptors (Lipinski definition) is 5. The average molecular weight is 427 g/mol. The van der Waals surface area contributed by atoms with Gasteiger partial charge in [0.1, 0.15) is 0 Å². The summed E-state index contributed by atoms with van der Waals surface area (Å²) in [5.74, 6) is 0.760. The summed E-state index contributed by atoms with van der Waals surface area (Å²) in [5.41, 5.74) is 3.15. The van der Waals surface area contributed by atoms with E-state index >= 15 is 0 Å². The molecule has 1 aliphatic heterocycles. The maximum Gasteiger partial charge on any atom is 0.303 e. The Morgan fingerprint density at radius 1 is 1.10 bits per heavy atom. The van der Waals surface area contributed by atoms with Gasteiger partial charge in [-0.2, -0.15) is 0 Å². The maximum absolute atomic E-state index is 11.9. The first kappa shape index (κ1) is 22.5. The number of rotatable bonds is 10. The van der Waals surface area contributed by atoms with E-state index in [4.69, 9.17) is 19.3 Å². The topological polar surface area (TPSA) is 94.1 Å². The highest BCUT2D eigenvalue weighted by Crippen LogP contribution is 2.45. The summed E-state index contributed by atoms with van der Waals surface area (Å²) < 4.78 is 17.4. The Morgan fingerprint density at radius 3 is 2.52 bits per heavy atom. The van der Waals surface area contributed by atoms with Gasteiger partial charge in [0.25, 0.3) is 5.91 Å². The Morgan fingerprint density at radius 2 is 1.84 bits per heavy atom. The summed E-state index contributed by atoms with van der Waals surface area (Å²) in [6.45, 7) is 4.98. The largest absolute Gasteiger partial charge is 0.493 e. The first-order valence-corrected chi connectivity index (χ1v) is 10.3. The second kappa shape index (κ2) is 9.29. The molecule has 0 aliphatic carbocycles. The minimum absolute atomic E-state index is 0.0616. The van der Waals surface area contributed by atoms with E-state index in [2.05, 4.69) is 5.32 Å². The number of carboxylic acids is 1. The van der Waals surface area contributed by atoms with Crippen LogP contribution in [0.2, 0.25) is 0 Å². The normalized spacial score (nSPS) is 12.8. The lowest BCUT2D eigenvalue weighted by Gasteiger charge is -2.26. The Balaban J connectivity index is 1.92. The second-order valence-electron chi connectivity index (χ2n) is 8.43. The molecule has 0 radical (unpaired) electrons. The summed E-state index contributed by atoms with van der Waals surface area (Å²) >= 11 is 0. The van der Waals surface area contributed by atoms with E-state index in [-0.39, 0.29) is 17.7 Å². The van der Waals surface area contributed by atoms with Gasteiger partial charge in [0.15, 0.2) is 11.5 Å². The molecule has 1 aliphatic rings. The van der Waals surface area contributed by atoms with Gasteiger partial charge in [0, 0.05) is 24.1 Å². The zero-order valence-corrected chi connectivity index (χ0v) is 18.4. The minimum atomic E-state index is -0.793. The SMILES string of the molecule is COc1ccc(-c2ccc3c(c2)CNC3=O)c(OCC(C)(C)CCCC(=O)O)c1OC. The first-order chi connectivity index (χ1) is 14.8. The molecule has 3 rings (SSSR count). The van der Waals surface area contributed by atoms with Crippen LogP contribution in [0.1, 0.15) is 49.0 Å². The van der Waals surface area contributed by atoms with Crippen molar-refractivity contribution in [3.63, 3.8) is 0 Å². The van der Waals surface area contributed by atoms with Crippen LogP contribution in [0, 0.1) is 5.41 Å². The van der Waals surface area contributed by atoms with Gasteiger partial charge >= 0.3 is 5.97 Å². The molecule has 7 heteroatoms. The van der Waals surface area contributed by atoms with Crippen LogP contribution in [-0.4, -0.2) is 37.8 Å². The molecule has 0 aromatic heterocycles. The van der Waals surface area contributed by atoms with Gasteiger partial charge in [0.05, 0.1) is 20.8 Å². The summed E-state index contributed by atoms with van der Waals surface area (Å²) in [7, 11) is 3.14. The van der Waals surface area contributed by atoms with Crippen molar-refractivity contribution >= 4 is 11.9 Å². The molecule has 1 amide bonds. The van der Waals surface area contributed by atoms with E-state index in [1.54, 1.807) is 14.2 Å². The number of amides is 1. The van der Waals surface area contributed by atoms with Crippen molar-refractivity contribution in [2.24, 2.45) is 5.41 Å². The monoisotopic (exact) mass is 427 g/mol. The number of fused-ring (bicyclic) bond motifs is 1. The molecule has 2 aromatic rings. The van der Waals surface area contributed by atoms with Crippen molar-refractivity contribution in [2.45, 2.75) is 39.7 Å². The molecular weight excluding hydrogens is 398 g/mol. The molecule has 166 valence electrons. The number of carboxylic acid groups (broad SMARTS) is 1. The number of carbonyl (C=O) groups is 2. The van der Waals surface area contributed by atoms with Crippen LogP contribution in [-0.2, 0) is 11.3 Å². The van der Waals surface area contributed by atoms with Gasteiger partial charge in [-0.15, -0.1) is 0 Å². The molecular formula is C24H29NO6. The van der Waals surface area contributed by atoms with E-state index in [1.165, 1.54) is 0 Å². The number of carbonyl (C=O) groups excluding carboxylic acids is 1. The van der Waals surface area contributed by atoms with Crippen LogP contribution in [0.15, 0.2) is 30.3 Å². The molecule has 0 fully saturated rings. The highest BCUT2D eigenvalue weighted by molar-refractivity contribution is 5.99. The van der Waals surface area contributed by atoms with Crippen LogP contribution in [0.4, 0.5) is 0 Å². The fraction of sp³-hybridized carbons (Fsp3) is 0.417. The van der Waals surface area contributed by atoms with Gasteiger partial charge in [0.2, 0.25) is 5.75 Å². The van der Waals surface area contributed by atoms with Gasteiger partial charge < -0.3 is 24.6 Å². The number of hydrogen-bond donors (Lipinski definition) is 2. The van der Waals surface area contributed by atoms with Gasteiger partial charge in [-0.05, 0) is 53.6 Å². The molecule has 0 unspecified atom stereocenters. The fourth-order valence-corrected chi connectivity index (χ4v) is 3.73. The zero-order chi connectivity index (χ0) is 22.6. The predicted molar refractivity (Wildman–Crippen MR) is 117 cm³/mol. The van der Waals surface area contributed by atoms with Crippen molar-refractivity contribution in [3.8, 4) is 28.4 Å². The van der Waals surface area contributed by atoms with Crippen LogP contribution in [0.25, 0.3) is 11.1 Å². The molecule has 1 heterocycles. The van der Waals surface area contributed by atoms with Crippen molar-refractivity contribution in [1.82, 2.24) is 5.32 Å². The quantitative estimate of drug-likeness (QED) is 0.588. The van der Waals surface area contributed by atoms with E-state index in [9.17, 15) is 9.59 Å². The highest BCUT2D eigenvalue weighted by Gasteiger charge is 2.25. The molecule has 31 heavy (non-hydrogen) atoms.